The van der Waals surface area contributed by atoms with E-state index in [1.54, 1.807) is 11.8 Å². The van der Waals surface area contributed by atoms with Gasteiger partial charge < -0.3 is 5.32 Å². The number of hydrogen-bond donors (Lipinski definition) is 1. The Morgan fingerprint density at radius 2 is 1.86 bits per heavy atom. The lowest BCUT2D eigenvalue weighted by atomic mass is 9.85. The molecule has 0 heterocycles. The third kappa shape index (κ3) is 6.43. The number of aryl methyl sites for hydroxylation is 1. The average molecular weight is 372 g/mol. The van der Waals surface area contributed by atoms with E-state index in [2.05, 4.69) is 68.0 Å². The summed E-state index contributed by atoms with van der Waals surface area (Å²) in [7, 11) is 0. The lowest BCUT2D eigenvalue weighted by Gasteiger charge is -2.25. The Labute approximate surface area is 141 Å². The summed E-state index contributed by atoms with van der Waals surface area (Å²) in [5, 5.41) is 3.08. The lowest BCUT2D eigenvalue weighted by molar-refractivity contribution is -0.118. The van der Waals surface area contributed by atoms with Crippen LogP contribution in [-0.2, 0) is 4.79 Å². The molecule has 0 aliphatic heterocycles. The summed E-state index contributed by atoms with van der Waals surface area (Å²) < 4.78 is 1.07. The van der Waals surface area contributed by atoms with Gasteiger partial charge in [0.05, 0.1) is 5.75 Å². The van der Waals surface area contributed by atoms with Gasteiger partial charge in [-0.15, -0.1) is 11.8 Å². The number of nitrogens with one attached hydrogen (secondary N) is 1. The van der Waals surface area contributed by atoms with Crippen molar-refractivity contribution in [3.05, 3.63) is 28.2 Å². The first-order valence-electron chi connectivity index (χ1n) is 7.47. The van der Waals surface area contributed by atoms with Gasteiger partial charge in [0.25, 0.3) is 0 Å². The molecule has 0 aliphatic rings. The van der Waals surface area contributed by atoms with Crippen molar-refractivity contribution in [1.82, 2.24) is 5.32 Å². The van der Waals surface area contributed by atoms with Crippen molar-refractivity contribution in [2.75, 3.05) is 12.3 Å². The summed E-state index contributed by atoms with van der Waals surface area (Å²) in [5.74, 6) is 2.31. The quantitative estimate of drug-likeness (QED) is 0.690. The third-order valence-corrected chi connectivity index (χ3v) is 5.41. The van der Waals surface area contributed by atoms with Crippen molar-refractivity contribution in [1.29, 1.82) is 0 Å². The Morgan fingerprint density at radius 1 is 1.24 bits per heavy atom. The van der Waals surface area contributed by atoms with Gasteiger partial charge in [0.2, 0.25) is 5.91 Å². The van der Waals surface area contributed by atoms with Crippen molar-refractivity contribution in [2.24, 2.45) is 17.8 Å². The SMILES string of the molecule is Cc1cc(Br)ccc1SCC(=O)NCC(C(C)C)C(C)C. The maximum atomic E-state index is 12.0. The predicted molar refractivity (Wildman–Crippen MR) is 95.8 cm³/mol. The smallest absolute Gasteiger partial charge is 0.230 e. The molecule has 21 heavy (non-hydrogen) atoms. The fraction of sp³-hybridized carbons (Fsp3) is 0.588. The number of benzene rings is 1. The van der Waals surface area contributed by atoms with Gasteiger partial charge in [0.1, 0.15) is 0 Å². The molecule has 1 rings (SSSR count). The topological polar surface area (TPSA) is 29.1 Å². The monoisotopic (exact) mass is 371 g/mol. The van der Waals surface area contributed by atoms with Gasteiger partial charge in [-0.3, -0.25) is 4.79 Å². The molecular formula is C17H26BrNOS. The number of carbonyl (C=O) groups is 1. The van der Waals surface area contributed by atoms with Gasteiger partial charge >= 0.3 is 0 Å². The Balaban J connectivity index is 2.44. The molecule has 1 N–H and O–H groups in total. The van der Waals surface area contributed by atoms with Crippen molar-refractivity contribution < 1.29 is 4.79 Å². The molecule has 0 atom stereocenters. The Bertz CT molecular complexity index is 466. The number of thioether (sulfide) groups is 1. The first kappa shape index (κ1) is 18.6. The zero-order valence-corrected chi connectivity index (χ0v) is 16.0. The van der Waals surface area contributed by atoms with E-state index in [-0.39, 0.29) is 5.91 Å². The summed E-state index contributed by atoms with van der Waals surface area (Å²) in [6.45, 7) is 11.7. The molecule has 0 radical (unpaired) electrons. The largest absolute Gasteiger partial charge is 0.355 e. The van der Waals surface area contributed by atoms with Crippen LogP contribution in [0.1, 0.15) is 33.3 Å². The van der Waals surface area contributed by atoms with Crippen LogP contribution in [0.3, 0.4) is 0 Å². The molecule has 0 aliphatic carbocycles. The molecule has 0 unspecified atom stereocenters. The Morgan fingerprint density at radius 3 is 2.38 bits per heavy atom. The van der Waals surface area contributed by atoms with Gasteiger partial charge in [-0.05, 0) is 48.4 Å². The fourth-order valence-corrected chi connectivity index (χ4v) is 3.76. The minimum Gasteiger partial charge on any atom is -0.355 e. The molecule has 118 valence electrons. The van der Waals surface area contributed by atoms with Crippen LogP contribution in [0.2, 0.25) is 0 Å². The van der Waals surface area contributed by atoms with Gasteiger partial charge in [-0.1, -0.05) is 43.6 Å². The highest BCUT2D eigenvalue weighted by molar-refractivity contribution is 9.10. The van der Waals surface area contributed by atoms with Gasteiger partial charge in [-0.2, -0.15) is 0 Å². The molecule has 0 saturated carbocycles. The Hall–Kier alpha value is -0.480. The number of hydrogen-bond acceptors (Lipinski definition) is 2. The second-order valence-electron chi connectivity index (χ2n) is 6.15. The van der Waals surface area contributed by atoms with E-state index in [0.29, 0.717) is 23.5 Å². The summed E-state index contributed by atoms with van der Waals surface area (Å²) in [5.41, 5.74) is 1.20. The van der Waals surface area contributed by atoms with Crippen molar-refractivity contribution >= 4 is 33.6 Å². The molecule has 4 heteroatoms. The molecule has 2 nitrogen and oxygen atoms in total. The van der Waals surface area contributed by atoms with Gasteiger partial charge in [0, 0.05) is 15.9 Å². The first-order valence-corrected chi connectivity index (χ1v) is 9.24. The molecule has 1 amide bonds. The normalized spacial score (nSPS) is 11.5. The van der Waals surface area contributed by atoms with Crippen LogP contribution in [0.15, 0.2) is 27.6 Å². The minimum atomic E-state index is 0.119. The standard InChI is InChI=1S/C17H26BrNOS/c1-11(2)15(12(3)4)9-19-17(20)10-21-16-7-6-14(18)8-13(16)5/h6-8,11-12,15H,9-10H2,1-5H3,(H,19,20). The van der Waals surface area contributed by atoms with E-state index >= 15 is 0 Å². The summed E-state index contributed by atoms with van der Waals surface area (Å²) in [6.07, 6.45) is 0. The average Bonchev–Trinajstić information content (AvgIpc) is 2.37. The van der Waals surface area contributed by atoms with Gasteiger partial charge in [-0.25, -0.2) is 0 Å². The van der Waals surface area contributed by atoms with E-state index in [4.69, 9.17) is 0 Å². The molecule has 0 bridgehead atoms. The number of carbonyl (C=O) groups excluding carboxylic acids is 1. The number of amides is 1. The van der Waals surface area contributed by atoms with Crippen LogP contribution in [0.5, 0.6) is 0 Å². The van der Waals surface area contributed by atoms with Crippen LogP contribution in [0.4, 0.5) is 0 Å². The number of halogens is 1. The molecule has 0 aromatic heterocycles. The molecule has 1 aromatic rings. The first-order chi connectivity index (χ1) is 9.81. The molecule has 0 saturated heterocycles. The highest BCUT2D eigenvalue weighted by atomic mass is 79.9. The summed E-state index contributed by atoms with van der Waals surface area (Å²) >= 11 is 5.06. The van der Waals surface area contributed by atoms with Crippen LogP contribution in [0.25, 0.3) is 0 Å². The maximum absolute atomic E-state index is 12.0. The zero-order chi connectivity index (χ0) is 16.0. The van der Waals surface area contributed by atoms with Crippen molar-refractivity contribution in [2.45, 2.75) is 39.5 Å². The van der Waals surface area contributed by atoms with E-state index in [9.17, 15) is 4.79 Å². The molecule has 0 spiro atoms. The van der Waals surface area contributed by atoms with Crippen LogP contribution < -0.4 is 5.32 Å². The molecule has 1 aromatic carbocycles. The predicted octanol–water partition coefficient (Wildman–Crippen LogP) is 4.89. The fourth-order valence-electron chi connectivity index (χ4n) is 2.44. The van der Waals surface area contributed by atoms with E-state index in [1.807, 2.05) is 6.07 Å². The van der Waals surface area contributed by atoms with Crippen LogP contribution in [0, 0.1) is 24.7 Å². The summed E-state index contributed by atoms with van der Waals surface area (Å²) in [6, 6.07) is 6.15. The molecular weight excluding hydrogens is 346 g/mol. The second-order valence-corrected chi connectivity index (χ2v) is 8.09. The third-order valence-electron chi connectivity index (χ3n) is 3.74. The Kier molecular flexibility index (Phi) is 7.82. The van der Waals surface area contributed by atoms with Crippen molar-refractivity contribution in [3.63, 3.8) is 0 Å². The van der Waals surface area contributed by atoms with E-state index in [0.717, 1.165) is 15.9 Å². The van der Waals surface area contributed by atoms with E-state index in [1.165, 1.54) is 5.56 Å². The summed E-state index contributed by atoms with van der Waals surface area (Å²) in [4.78, 5) is 13.2. The minimum absolute atomic E-state index is 0.119. The zero-order valence-electron chi connectivity index (χ0n) is 13.6. The van der Waals surface area contributed by atoms with Gasteiger partial charge in [0.15, 0.2) is 0 Å². The van der Waals surface area contributed by atoms with Crippen LogP contribution in [-0.4, -0.2) is 18.2 Å². The lowest BCUT2D eigenvalue weighted by Crippen LogP contribution is -2.34. The van der Waals surface area contributed by atoms with Crippen molar-refractivity contribution in [3.8, 4) is 0 Å². The second kappa shape index (κ2) is 8.84. The van der Waals surface area contributed by atoms with E-state index < -0.39 is 0 Å². The number of rotatable bonds is 7. The highest BCUT2D eigenvalue weighted by Gasteiger charge is 2.18. The molecule has 0 fully saturated rings. The maximum Gasteiger partial charge on any atom is 0.230 e. The highest BCUT2D eigenvalue weighted by Crippen LogP contribution is 2.25. The van der Waals surface area contributed by atoms with Crippen LogP contribution >= 0.6 is 27.7 Å².